The number of rotatable bonds is 6. The maximum atomic E-state index is 13.3. The zero-order valence-corrected chi connectivity index (χ0v) is 20.6. The number of likely N-dealkylation sites (tertiary alicyclic amines) is 1. The predicted octanol–water partition coefficient (Wildman–Crippen LogP) is 3.90. The Hall–Kier alpha value is -1.90. The van der Waals surface area contributed by atoms with Crippen molar-refractivity contribution in [2.75, 3.05) is 39.3 Å². The standard InChI is InChI=1S/C24H32N4O2S2/c1-18-7-5-6-10-28(18)23(29)15-26-11-13-27(14-12-26)24(30)21-8-3-4-9-22(21)32-17-20-16-31-19(2)25-20/h3-4,8-9,16,18H,5-7,10-15,17H2,1-2H3. The van der Waals surface area contributed by atoms with Crippen molar-refractivity contribution in [1.82, 2.24) is 19.7 Å². The molecule has 2 fully saturated rings. The third kappa shape index (κ3) is 5.71. The van der Waals surface area contributed by atoms with Gasteiger partial charge in [-0.3, -0.25) is 14.5 Å². The molecule has 2 aliphatic heterocycles. The molecule has 0 spiro atoms. The van der Waals surface area contributed by atoms with Crippen molar-refractivity contribution >= 4 is 34.9 Å². The third-order valence-corrected chi connectivity index (χ3v) is 8.23. The molecule has 8 heteroatoms. The summed E-state index contributed by atoms with van der Waals surface area (Å²) in [7, 11) is 0. The molecule has 0 bridgehead atoms. The highest BCUT2D eigenvalue weighted by Crippen LogP contribution is 2.28. The second-order valence-corrected chi connectivity index (χ2v) is 10.7. The molecule has 0 aliphatic carbocycles. The first-order valence-electron chi connectivity index (χ1n) is 11.4. The van der Waals surface area contributed by atoms with Crippen molar-refractivity contribution in [3.05, 3.63) is 45.9 Å². The Balaban J connectivity index is 1.31. The number of carbonyl (C=O) groups is 2. The number of piperazine rings is 1. The van der Waals surface area contributed by atoms with Gasteiger partial charge >= 0.3 is 0 Å². The summed E-state index contributed by atoms with van der Waals surface area (Å²) in [5, 5.41) is 3.15. The minimum Gasteiger partial charge on any atom is -0.339 e. The van der Waals surface area contributed by atoms with Gasteiger partial charge in [0.1, 0.15) is 0 Å². The van der Waals surface area contributed by atoms with Crippen LogP contribution in [0, 0.1) is 6.92 Å². The SMILES string of the molecule is Cc1nc(CSc2ccccc2C(=O)N2CCN(CC(=O)N3CCCCC3C)CC2)cs1. The van der Waals surface area contributed by atoms with Crippen molar-refractivity contribution in [2.24, 2.45) is 0 Å². The second-order valence-electron chi connectivity index (χ2n) is 8.64. The van der Waals surface area contributed by atoms with E-state index in [4.69, 9.17) is 0 Å². The lowest BCUT2D eigenvalue weighted by atomic mass is 10.0. The topological polar surface area (TPSA) is 56.8 Å². The molecule has 1 atom stereocenters. The molecule has 2 aliphatic rings. The maximum Gasteiger partial charge on any atom is 0.255 e. The van der Waals surface area contributed by atoms with E-state index in [1.165, 1.54) is 6.42 Å². The number of aryl methyl sites for hydroxylation is 1. The summed E-state index contributed by atoms with van der Waals surface area (Å²) in [5.41, 5.74) is 1.82. The monoisotopic (exact) mass is 472 g/mol. The molecule has 4 rings (SSSR count). The lowest BCUT2D eigenvalue weighted by Gasteiger charge is -2.38. The van der Waals surface area contributed by atoms with Gasteiger partial charge in [-0.25, -0.2) is 4.98 Å². The van der Waals surface area contributed by atoms with Crippen LogP contribution in [0.2, 0.25) is 0 Å². The molecule has 172 valence electrons. The normalized spacial score (nSPS) is 19.9. The van der Waals surface area contributed by atoms with Crippen LogP contribution in [0.15, 0.2) is 34.5 Å². The largest absolute Gasteiger partial charge is 0.339 e. The van der Waals surface area contributed by atoms with Crippen molar-refractivity contribution in [2.45, 2.75) is 49.8 Å². The highest BCUT2D eigenvalue weighted by atomic mass is 32.2. The number of hydrogen-bond donors (Lipinski definition) is 0. The number of carbonyl (C=O) groups excluding carboxylic acids is 2. The highest BCUT2D eigenvalue weighted by Gasteiger charge is 2.28. The number of benzene rings is 1. The number of thioether (sulfide) groups is 1. The van der Waals surface area contributed by atoms with Crippen molar-refractivity contribution in [3.63, 3.8) is 0 Å². The van der Waals surface area contributed by atoms with Crippen LogP contribution in [-0.2, 0) is 10.5 Å². The summed E-state index contributed by atoms with van der Waals surface area (Å²) >= 11 is 3.32. The maximum absolute atomic E-state index is 13.3. The van der Waals surface area contributed by atoms with E-state index < -0.39 is 0 Å². The molecule has 32 heavy (non-hydrogen) atoms. The number of aromatic nitrogens is 1. The average Bonchev–Trinajstić information content (AvgIpc) is 3.23. The van der Waals surface area contributed by atoms with Crippen LogP contribution in [0.1, 0.15) is 47.2 Å². The smallest absolute Gasteiger partial charge is 0.255 e. The van der Waals surface area contributed by atoms with Crippen LogP contribution < -0.4 is 0 Å². The fourth-order valence-electron chi connectivity index (χ4n) is 4.43. The van der Waals surface area contributed by atoms with Crippen LogP contribution in [0.25, 0.3) is 0 Å². The average molecular weight is 473 g/mol. The molecule has 0 N–H and O–H groups in total. The van der Waals surface area contributed by atoms with Crippen LogP contribution in [0.4, 0.5) is 0 Å². The van der Waals surface area contributed by atoms with E-state index >= 15 is 0 Å². The number of piperidine rings is 1. The zero-order valence-electron chi connectivity index (χ0n) is 19.0. The van der Waals surface area contributed by atoms with Gasteiger partial charge in [-0.15, -0.1) is 23.1 Å². The molecule has 2 saturated heterocycles. The Kier molecular flexibility index (Phi) is 7.86. The van der Waals surface area contributed by atoms with Gasteiger partial charge in [-0.1, -0.05) is 12.1 Å². The second kappa shape index (κ2) is 10.8. The van der Waals surface area contributed by atoms with Gasteiger partial charge in [0.15, 0.2) is 0 Å². The zero-order chi connectivity index (χ0) is 22.5. The summed E-state index contributed by atoms with van der Waals surface area (Å²) in [5.74, 6) is 1.08. The Morgan fingerprint density at radius 3 is 2.62 bits per heavy atom. The minimum atomic E-state index is 0.0817. The van der Waals surface area contributed by atoms with Crippen LogP contribution in [0.3, 0.4) is 0 Å². The number of nitrogens with zero attached hydrogens (tertiary/aromatic N) is 4. The summed E-state index contributed by atoms with van der Waals surface area (Å²) in [4.78, 5) is 37.7. The molecule has 6 nitrogen and oxygen atoms in total. The van der Waals surface area contributed by atoms with Gasteiger partial charge < -0.3 is 9.80 Å². The molecular weight excluding hydrogens is 440 g/mol. The van der Waals surface area contributed by atoms with Gasteiger partial charge in [0.25, 0.3) is 5.91 Å². The first-order valence-corrected chi connectivity index (χ1v) is 13.3. The number of amides is 2. The summed E-state index contributed by atoms with van der Waals surface area (Å²) in [6, 6.07) is 8.20. The third-order valence-electron chi connectivity index (χ3n) is 6.30. The fraction of sp³-hybridized carbons (Fsp3) is 0.542. The van der Waals surface area contributed by atoms with Crippen LogP contribution in [-0.4, -0.2) is 76.8 Å². The summed E-state index contributed by atoms with van der Waals surface area (Å²) < 4.78 is 0. The van der Waals surface area contributed by atoms with Gasteiger partial charge in [-0.2, -0.15) is 0 Å². The van der Waals surface area contributed by atoms with Crippen LogP contribution >= 0.6 is 23.1 Å². The molecule has 1 aromatic carbocycles. The minimum absolute atomic E-state index is 0.0817. The van der Waals surface area contributed by atoms with E-state index in [0.717, 1.165) is 59.4 Å². The first-order chi connectivity index (χ1) is 15.5. The summed E-state index contributed by atoms with van der Waals surface area (Å²) in [6.07, 6.45) is 3.43. The molecular formula is C24H32N4O2S2. The predicted molar refractivity (Wildman–Crippen MR) is 130 cm³/mol. The molecule has 2 amide bonds. The van der Waals surface area contributed by atoms with Gasteiger partial charge in [-0.05, 0) is 45.2 Å². The van der Waals surface area contributed by atoms with Gasteiger partial charge in [0.05, 0.1) is 22.8 Å². The van der Waals surface area contributed by atoms with Crippen molar-refractivity contribution in [1.29, 1.82) is 0 Å². The van der Waals surface area contributed by atoms with E-state index in [2.05, 4.69) is 22.2 Å². The van der Waals surface area contributed by atoms with E-state index in [0.29, 0.717) is 25.7 Å². The molecule has 0 saturated carbocycles. The van der Waals surface area contributed by atoms with E-state index in [-0.39, 0.29) is 11.8 Å². The van der Waals surface area contributed by atoms with Crippen molar-refractivity contribution in [3.8, 4) is 0 Å². The van der Waals surface area contributed by atoms with Crippen molar-refractivity contribution < 1.29 is 9.59 Å². The number of thiazole rings is 1. The van der Waals surface area contributed by atoms with Crippen LogP contribution in [0.5, 0.6) is 0 Å². The Labute approximate surface area is 199 Å². The van der Waals surface area contributed by atoms with E-state index in [1.807, 2.05) is 41.0 Å². The quantitative estimate of drug-likeness (QED) is 0.597. The molecule has 3 heterocycles. The Morgan fingerprint density at radius 1 is 1.12 bits per heavy atom. The highest BCUT2D eigenvalue weighted by molar-refractivity contribution is 7.98. The fourth-order valence-corrected chi connectivity index (χ4v) is 6.08. The van der Waals surface area contributed by atoms with E-state index in [9.17, 15) is 9.59 Å². The van der Waals surface area contributed by atoms with Gasteiger partial charge in [0.2, 0.25) is 5.91 Å². The van der Waals surface area contributed by atoms with Gasteiger partial charge in [0, 0.05) is 54.8 Å². The Morgan fingerprint density at radius 2 is 1.91 bits per heavy atom. The lowest BCUT2D eigenvalue weighted by Crippen LogP contribution is -2.53. The first kappa shape index (κ1) is 23.3. The molecule has 0 radical (unpaired) electrons. The molecule has 1 aromatic heterocycles. The molecule has 1 unspecified atom stereocenters. The number of hydrogen-bond acceptors (Lipinski definition) is 6. The summed E-state index contributed by atoms with van der Waals surface area (Å²) in [6.45, 7) is 8.31. The molecule has 2 aromatic rings. The lowest BCUT2D eigenvalue weighted by molar-refractivity contribution is -0.136. The Bertz CT molecular complexity index is 940. The van der Waals surface area contributed by atoms with E-state index in [1.54, 1.807) is 23.1 Å².